The molecule has 0 heterocycles. The molecule has 4 nitrogen and oxygen atoms in total. The third-order valence-corrected chi connectivity index (χ3v) is 2.24. The molecule has 1 aromatic carbocycles. The number of nitrogens with two attached hydrogens (primary N) is 1. The second kappa shape index (κ2) is 5.24. The van der Waals surface area contributed by atoms with Crippen molar-refractivity contribution >= 4 is 23.2 Å². The van der Waals surface area contributed by atoms with Crippen molar-refractivity contribution in [1.82, 2.24) is 5.43 Å². The van der Waals surface area contributed by atoms with Crippen LogP contribution in [-0.4, -0.2) is 13.0 Å². The molecule has 0 spiro atoms. The monoisotopic (exact) mass is 266 g/mol. The van der Waals surface area contributed by atoms with E-state index in [0.717, 1.165) is 18.2 Å². The fraction of sp³-hybridized carbons (Fsp3) is 0.222. The molecule has 1 rings (SSSR count). The molecule has 4 N–H and O–H groups in total. The summed E-state index contributed by atoms with van der Waals surface area (Å²) in [6.07, 6.45) is -4.43. The van der Waals surface area contributed by atoms with Crippen LogP contribution in [-0.2, 0) is 6.18 Å². The smallest absolute Gasteiger partial charge is 0.324 e. The van der Waals surface area contributed by atoms with Crippen molar-refractivity contribution in [3.8, 4) is 0 Å². The van der Waals surface area contributed by atoms with Crippen LogP contribution in [0.1, 0.15) is 5.56 Å². The Hall–Kier alpha value is -1.47. The highest BCUT2D eigenvalue weighted by Crippen LogP contribution is 2.33. The largest absolute Gasteiger partial charge is 0.416 e. The Kier molecular flexibility index (Phi) is 4.19. The Labute approximate surface area is 101 Å². The van der Waals surface area contributed by atoms with Gasteiger partial charge in [0.1, 0.15) is 0 Å². The predicted octanol–water partition coefficient (Wildman–Crippen LogP) is 2.22. The third-order valence-electron chi connectivity index (χ3n) is 1.91. The van der Waals surface area contributed by atoms with Crippen LogP contribution in [0, 0.1) is 0 Å². The van der Waals surface area contributed by atoms with E-state index in [1.54, 1.807) is 0 Å². The number of anilines is 1. The van der Waals surface area contributed by atoms with Crippen molar-refractivity contribution in [2.24, 2.45) is 10.8 Å². The molecule has 0 aliphatic heterocycles. The van der Waals surface area contributed by atoms with Crippen molar-refractivity contribution in [3.05, 3.63) is 28.8 Å². The summed E-state index contributed by atoms with van der Waals surface area (Å²) < 4.78 is 37.4. The Bertz CT molecular complexity index is 431. The molecule has 0 aliphatic carbocycles. The number of benzene rings is 1. The molecule has 0 unspecified atom stereocenters. The van der Waals surface area contributed by atoms with E-state index >= 15 is 0 Å². The molecular formula is C9H10ClF3N4. The molecule has 0 fully saturated rings. The minimum absolute atomic E-state index is 0.0695. The first-order valence-corrected chi connectivity index (χ1v) is 4.83. The highest BCUT2D eigenvalue weighted by atomic mass is 35.5. The van der Waals surface area contributed by atoms with E-state index in [2.05, 4.69) is 15.7 Å². The third kappa shape index (κ3) is 3.50. The van der Waals surface area contributed by atoms with Gasteiger partial charge in [0.25, 0.3) is 0 Å². The maximum absolute atomic E-state index is 12.5. The van der Waals surface area contributed by atoms with E-state index in [-0.39, 0.29) is 16.7 Å². The molecule has 0 saturated carbocycles. The molecular weight excluding hydrogens is 257 g/mol. The van der Waals surface area contributed by atoms with Gasteiger partial charge in [-0.2, -0.15) is 13.2 Å². The molecule has 0 amide bonds. The lowest BCUT2D eigenvalue weighted by Crippen LogP contribution is -2.36. The first-order valence-electron chi connectivity index (χ1n) is 4.45. The second-order valence-electron chi connectivity index (χ2n) is 3.03. The minimum Gasteiger partial charge on any atom is -0.324 e. The first-order chi connectivity index (χ1) is 7.88. The van der Waals surface area contributed by atoms with Crippen LogP contribution in [0.25, 0.3) is 0 Å². The van der Waals surface area contributed by atoms with Gasteiger partial charge in [-0.1, -0.05) is 11.6 Å². The van der Waals surface area contributed by atoms with E-state index in [1.165, 1.54) is 7.05 Å². The van der Waals surface area contributed by atoms with Gasteiger partial charge in [-0.15, -0.1) is 0 Å². The molecule has 1 aromatic rings. The van der Waals surface area contributed by atoms with Gasteiger partial charge in [-0.05, 0) is 18.2 Å². The number of aliphatic imine (C=N–C) groups is 1. The molecule has 17 heavy (non-hydrogen) atoms. The van der Waals surface area contributed by atoms with Gasteiger partial charge < -0.3 is 5.32 Å². The lowest BCUT2D eigenvalue weighted by molar-refractivity contribution is -0.137. The molecule has 0 aromatic heterocycles. The van der Waals surface area contributed by atoms with E-state index in [9.17, 15) is 13.2 Å². The summed E-state index contributed by atoms with van der Waals surface area (Å²) in [5, 5.41) is 2.67. The number of hydrogen-bond acceptors (Lipinski definition) is 2. The highest BCUT2D eigenvalue weighted by Gasteiger charge is 2.31. The molecule has 0 saturated heterocycles. The number of halogens is 4. The quantitative estimate of drug-likeness (QED) is 0.316. The molecule has 0 aliphatic rings. The molecule has 0 radical (unpaired) electrons. The van der Waals surface area contributed by atoms with Gasteiger partial charge in [-0.3, -0.25) is 10.4 Å². The van der Waals surface area contributed by atoms with E-state index in [0.29, 0.717) is 0 Å². The zero-order valence-electron chi connectivity index (χ0n) is 8.77. The molecule has 0 atom stereocenters. The maximum atomic E-state index is 12.5. The molecule has 0 bridgehead atoms. The summed E-state index contributed by atoms with van der Waals surface area (Å²) in [5.41, 5.74) is 1.45. The SMILES string of the molecule is CN=C(NN)Nc1cc(C(F)(F)F)ccc1Cl. The Morgan fingerprint density at radius 2 is 2.06 bits per heavy atom. The summed E-state index contributed by atoms with van der Waals surface area (Å²) in [6, 6.07) is 2.92. The molecule has 94 valence electrons. The van der Waals surface area contributed by atoms with Crippen LogP contribution in [0.3, 0.4) is 0 Å². The number of hydrogen-bond donors (Lipinski definition) is 3. The Morgan fingerprint density at radius 3 is 2.53 bits per heavy atom. The average Bonchev–Trinajstić information content (AvgIpc) is 2.26. The topological polar surface area (TPSA) is 62.4 Å². The lowest BCUT2D eigenvalue weighted by Gasteiger charge is -2.13. The van der Waals surface area contributed by atoms with Gasteiger partial charge in [0, 0.05) is 7.05 Å². The summed E-state index contributed by atoms with van der Waals surface area (Å²) in [4.78, 5) is 3.66. The van der Waals surface area contributed by atoms with Crippen molar-refractivity contribution in [2.75, 3.05) is 12.4 Å². The van der Waals surface area contributed by atoms with Gasteiger partial charge >= 0.3 is 6.18 Å². The fourth-order valence-electron chi connectivity index (χ4n) is 1.08. The second-order valence-corrected chi connectivity index (χ2v) is 3.44. The minimum atomic E-state index is -4.43. The molecule has 8 heteroatoms. The number of hydrazine groups is 1. The van der Waals surface area contributed by atoms with Crippen LogP contribution in [0.4, 0.5) is 18.9 Å². The Morgan fingerprint density at radius 1 is 1.41 bits per heavy atom. The number of rotatable bonds is 1. The number of alkyl halides is 3. The highest BCUT2D eigenvalue weighted by molar-refractivity contribution is 6.33. The summed E-state index contributed by atoms with van der Waals surface area (Å²) in [7, 11) is 1.42. The Balaban J connectivity index is 3.07. The van der Waals surface area contributed by atoms with Gasteiger partial charge in [0.05, 0.1) is 16.3 Å². The normalized spacial score (nSPS) is 12.5. The predicted molar refractivity (Wildman–Crippen MR) is 60.8 cm³/mol. The summed E-state index contributed by atoms with van der Waals surface area (Å²) in [5.74, 6) is 5.20. The van der Waals surface area contributed by atoms with Crippen LogP contribution in [0.15, 0.2) is 23.2 Å². The van der Waals surface area contributed by atoms with Crippen molar-refractivity contribution in [2.45, 2.75) is 6.18 Å². The van der Waals surface area contributed by atoms with Crippen LogP contribution in [0.5, 0.6) is 0 Å². The number of nitrogens with one attached hydrogen (secondary N) is 2. The van der Waals surface area contributed by atoms with Crippen LogP contribution < -0.4 is 16.6 Å². The number of nitrogens with zero attached hydrogens (tertiary/aromatic N) is 1. The van der Waals surface area contributed by atoms with E-state index < -0.39 is 11.7 Å². The number of guanidine groups is 1. The van der Waals surface area contributed by atoms with E-state index in [1.807, 2.05) is 0 Å². The van der Waals surface area contributed by atoms with Crippen LogP contribution >= 0.6 is 11.6 Å². The van der Waals surface area contributed by atoms with Gasteiger partial charge in [0.2, 0.25) is 5.96 Å². The summed E-state index contributed by atoms with van der Waals surface area (Å²) >= 11 is 5.75. The average molecular weight is 267 g/mol. The van der Waals surface area contributed by atoms with Crippen molar-refractivity contribution in [1.29, 1.82) is 0 Å². The first kappa shape index (κ1) is 13.6. The standard InChI is InChI=1S/C9H10ClF3N4/c1-15-8(17-14)16-7-4-5(9(11,12)13)2-3-6(7)10/h2-4H,14H2,1H3,(H2,15,16,17). The lowest BCUT2D eigenvalue weighted by atomic mass is 10.2. The van der Waals surface area contributed by atoms with Crippen molar-refractivity contribution in [3.63, 3.8) is 0 Å². The zero-order chi connectivity index (χ0) is 13.1. The van der Waals surface area contributed by atoms with Crippen molar-refractivity contribution < 1.29 is 13.2 Å². The van der Waals surface area contributed by atoms with E-state index in [4.69, 9.17) is 17.4 Å². The fourth-order valence-corrected chi connectivity index (χ4v) is 1.25. The van der Waals surface area contributed by atoms with Gasteiger partial charge in [-0.25, -0.2) is 5.84 Å². The maximum Gasteiger partial charge on any atom is 0.416 e. The van der Waals surface area contributed by atoms with Crippen LogP contribution in [0.2, 0.25) is 5.02 Å². The summed E-state index contributed by atoms with van der Waals surface area (Å²) in [6.45, 7) is 0. The van der Waals surface area contributed by atoms with Gasteiger partial charge in [0.15, 0.2) is 0 Å². The zero-order valence-corrected chi connectivity index (χ0v) is 9.52.